The van der Waals surface area contributed by atoms with Crippen LogP contribution in [0.2, 0.25) is 0 Å². The molecule has 8 heteroatoms. The van der Waals surface area contributed by atoms with Gasteiger partial charge in [0.05, 0.1) is 7.11 Å². The van der Waals surface area contributed by atoms with E-state index in [1.807, 2.05) is 14.1 Å². The molecular formula is C6H13N7O. The van der Waals surface area contributed by atoms with Gasteiger partial charge in [0.15, 0.2) is 0 Å². The van der Waals surface area contributed by atoms with Crippen molar-refractivity contribution in [2.24, 2.45) is 5.84 Å². The molecule has 0 radical (unpaired) electrons. The highest BCUT2D eigenvalue weighted by Gasteiger charge is 2.05. The van der Waals surface area contributed by atoms with Gasteiger partial charge in [-0.15, -0.1) is 0 Å². The summed E-state index contributed by atoms with van der Waals surface area (Å²) in [6.45, 7) is 0. The highest BCUT2D eigenvalue weighted by molar-refractivity contribution is 5.33. The number of nitrogens with one attached hydrogen (secondary N) is 2. The normalized spacial score (nSPS) is 10.1. The summed E-state index contributed by atoms with van der Waals surface area (Å²) < 4.78 is 4.86. The van der Waals surface area contributed by atoms with Crippen LogP contribution in [0.1, 0.15) is 0 Å². The fourth-order valence-corrected chi connectivity index (χ4v) is 0.762. The molecule has 0 aliphatic heterocycles. The first-order valence-electron chi connectivity index (χ1n) is 3.86. The third kappa shape index (κ3) is 2.68. The zero-order valence-corrected chi connectivity index (χ0v) is 8.27. The average Bonchev–Trinajstić information content (AvgIpc) is 2.16. The van der Waals surface area contributed by atoms with Crippen LogP contribution in [-0.4, -0.2) is 41.2 Å². The van der Waals surface area contributed by atoms with E-state index in [9.17, 15) is 0 Å². The lowest BCUT2D eigenvalue weighted by Gasteiger charge is -2.12. The molecule has 1 rings (SSSR count). The Labute approximate surface area is 81.4 Å². The number of methoxy groups -OCH3 is 1. The van der Waals surface area contributed by atoms with E-state index >= 15 is 0 Å². The molecule has 1 aromatic heterocycles. The minimum absolute atomic E-state index is 0.192. The number of nitrogen functional groups attached to an aromatic ring is 1. The summed E-state index contributed by atoms with van der Waals surface area (Å²) in [5.41, 5.74) is 5.16. The Morgan fingerprint density at radius 1 is 1.21 bits per heavy atom. The van der Waals surface area contributed by atoms with E-state index in [2.05, 4.69) is 25.8 Å². The van der Waals surface area contributed by atoms with Crippen LogP contribution < -0.4 is 21.4 Å². The van der Waals surface area contributed by atoms with Crippen LogP contribution in [0.3, 0.4) is 0 Å². The standard InChI is InChI=1S/C6H13N7O/c1-13(2)12-5-8-4(11-7)9-6(10-5)14-3/h7H2,1-3H3,(H2,8,9,10,11,12). The molecule has 0 saturated heterocycles. The Hall–Kier alpha value is -1.67. The first kappa shape index (κ1) is 10.4. The number of hydrogen-bond donors (Lipinski definition) is 3. The van der Waals surface area contributed by atoms with Crippen molar-refractivity contribution in [3.63, 3.8) is 0 Å². The molecule has 4 N–H and O–H groups in total. The van der Waals surface area contributed by atoms with Crippen molar-refractivity contribution in [1.82, 2.24) is 20.0 Å². The van der Waals surface area contributed by atoms with Crippen molar-refractivity contribution in [1.29, 1.82) is 0 Å². The Kier molecular flexibility index (Phi) is 3.37. The predicted octanol–water partition coefficient (Wildman–Crippen LogP) is -0.946. The van der Waals surface area contributed by atoms with Crippen LogP contribution in [-0.2, 0) is 0 Å². The number of hydrazine groups is 2. The van der Waals surface area contributed by atoms with Gasteiger partial charge in [-0.1, -0.05) is 0 Å². The van der Waals surface area contributed by atoms with E-state index in [0.29, 0.717) is 5.95 Å². The maximum Gasteiger partial charge on any atom is 0.322 e. The molecule has 8 nitrogen and oxygen atoms in total. The van der Waals surface area contributed by atoms with Crippen molar-refractivity contribution in [3.05, 3.63) is 0 Å². The SMILES string of the molecule is COc1nc(NN)nc(NN(C)C)n1. The Morgan fingerprint density at radius 2 is 1.86 bits per heavy atom. The Balaban J connectivity index is 2.92. The molecule has 0 fully saturated rings. The fourth-order valence-electron chi connectivity index (χ4n) is 0.762. The maximum atomic E-state index is 5.17. The minimum Gasteiger partial charge on any atom is -0.467 e. The summed E-state index contributed by atoms with van der Waals surface area (Å²) in [5, 5.41) is 1.69. The van der Waals surface area contributed by atoms with E-state index in [4.69, 9.17) is 10.6 Å². The summed E-state index contributed by atoms with van der Waals surface area (Å²) in [5.74, 6) is 5.77. The smallest absolute Gasteiger partial charge is 0.322 e. The fraction of sp³-hybridized carbons (Fsp3) is 0.500. The first-order chi connectivity index (χ1) is 6.65. The zero-order valence-electron chi connectivity index (χ0n) is 8.27. The van der Waals surface area contributed by atoms with Gasteiger partial charge in [-0.05, 0) is 0 Å². The monoisotopic (exact) mass is 199 g/mol. The van der Waals surface area contributed by atoms with E-state index in [1.165, 1.54) is 7.11 Å². The van der Waals surface area contributed by atoms with Crippen LogP contribution in [0.5, 0.6) is 6.01 Å². The van der Waals surface area contributed by atoms with Crippen molar-refractivity contribution >= 4 is 11.9 Å². The van der Waals surface area contributed by atoms with E-state index < -0.39 is 0 Å². The van der Waals surface area contributed by atoms with Gasteiger partial charge in [-0.2, -0.15) is 15.0 Å². The number of nitrogens with two attached hydrogens (primary N) is 1. The van der Waals surface area contributed by atoms with Crippen LogP contribution in [0, 0.1) is 0 Å². The summed E-state index contributed by atoms with van der Waals surface area (Å²) in [7, 11) is 5.09. The third-order valence-electron chi connectivity index (χ3n) is 1.25. The van der Waals surface area contributed by atoms with Crippen molar-refractivity contribution < 1.29 is 4.74 Å². The van der Waals surface area contributed by atoms with Crippen LogP contribution in [0.15, 0.2) is 0 Å². The van der Waals surface area contributed by atoms with Crippen LogP contribution >= 0.6 is 0 Å². The highest BCUT2D eigenvalue weighted by Crippen LogP contribution is 2.09. The number of anilines is 2. The molecule has 1 heterocycles. The molecular weight excluding hydrogens is 186 g/mol. The lowest BCUT2D eigenvalue weighted by Crippen LogP contribution is -2.22. The molecule has 0 atom stereocenters. The number of ether oxygens (including phenoxy) is 1. The lowest BCUT2D eigenvalue weighted by molar-refractivity contribution is 0.377. The largest absolute Gasteiger partial charge is 0.467 e. The predicted molar refractivity (Wildman–Crippen MR) is 51.5 cm³/mol. The van der Waals surface area contributed by atoms with E-state index in [1.54, 1.807) is 5.01 Å². The second-order valence-electron chi connectivity index (χ2n) is 2.62. The zero-order chi connectivity index (χ0) is 10.6. The summed E-state index contributed by atoms with van der Waals surface area (Å²) >= 11 is 0. The van der Waals surface area contributed by atoms with Gasteiger partial charge >= 0.3 is 6.01 Å². The Morgan fingerprint density at radius 3 is 2.36 bits per heavy atom. The molecule has 0 saturated carbocycles. The topological polar surface area (TPSA) is 101 Å². The van der Waals surface area contributed by atoms with Gasteiger partial charge in [0, 0.05) is 14.1 Å². The molecule has 0 aromatic carbocycles. The highest BCUT2D eigenvalue weighted by atomic mass is 16.5. The number of aromatic nitrogens is 3. The molecule has 1 aromatic rings. The molecule has 78 valence electrons. The summed E-state index contributed by atoms with van der Waals surface area (Å²) in [6, 6.07) is 0.192. The first-order valence-corrected chi connectivity index (χ1v) is 3.86. The molecule has 0 unspecified atom stereocenters. The number of hydrogen-bond acceptors (Lipinski definition) is 8. The van der Waals surface area contributed by atoms with E-state index in [0.717, 1.165) is 0 Å². The van der Waals surface area contributed by atoms with Crippen molar-refractivity contribution in [3.8, 4) is 6.01 Å². The quantitative estimate of drug-likeness (QED) is 0.421. The molecule has 14 heavy (non-hydrogen) atoms. The molecule has 0 bridgehead atoms. The van der Waals surface area contributed by atoms with Gasteiger partial charge in [0.25, 0.3) is 0 Å². The Bertz CT molecular complexity index is 280. The van der Waals surface area contributed by atoms with Crippen molar-refractivity contribution in [2.45, 2.75) is 0 Å². The van der Waals surface area contributed by atoms with Crippen LogP contribution in [0.4, 0.5) is 11.9 Å². The molecule has 0 aliphatic rings. The van der Waals surface area contributed by atoms with Gasteiger partial charge in [0.2, 0.25) is 11.9 Å². The third-order valence-corrected chi connectivity index (χ3v) is 1.25. The average molecular weight is 199 g/mol. The van der Waals surface area contributed by atoms with Gasteiger partial charge in [0.1, 0.15) is 0 Å². The summed E-state index contributed by atoms with van der Waals surface area (Å²) in [4.78, 5) is 11.7. The molecule has 0 spiro atoms. The van der Waals surface area contributed by atoms with Crippen molar-refractivity contribution in [2.75, 3.05) is 32.1 Å². The van der Waals surface area contributed by atoms with Gasteiger partial charge in [-0.3, -0.25) is 10.9 Å². The van der Waals surface area contributed by atoms with Gasteiger partial charge < -0.3 is 4.74 Å². The van der Waals surface area contributed by atoms with E-state index in [-0.39, 0.29) is 12.0 Å². The number of rotatable bonds is 4. The lowest BCUT2D eigenvalue weighted by atomic mass is 10.8. The second-order valence-corrected chi connectivity index (χ2v) is 2.62. The number of nitrogens with zero attached hydrogens (tertiary/aromatic N) is 4. The molecule has 0 amide bonds. The minimum atomic E-state index is 0.192. The summed E-state index contributed by atoms with van der Waals surface area (Å²) in [6.07, 6.45) is 0. The second kappa shape index (κ2) is 4.53. The maximum absolute atomic E-state index is 5.17. The molecule has 0 aliphatic carbocycles. The van der Waals surface area contributed by atoms with Crippen LogP contribution in [0.25, 0.3) is 0 Å². The van der Waals surface area contributed by atoms with Gasteiger partial charge in [-0.25, -0.2) is 10.9 Å².